The van der Waals surface area contributed by atoms with Crippen LogP contribution in [-0.2, 0) is 27.3 Å². The maximum Gasteiger partial charge on any atom is 0.317 e. The van der Waals surface area contributed by atoms with Crippen molar-refractivity contribution in [2.75, 3.05) is 64.2 Å². The van der Waals surface area contributed by atoms with Gasteiger partial charge in [-0.3, -0.25) is 29.1 Å². The molecule has 51 heavy (non-hydrogen) atoms. The van der Waals surface area contributed by atoms with Crippen molar-refractivity contribution in [3.8, 4) is 11.4 Å². The number of nitrogens with two attached hydrogens (primary N) is 1. The lowest BCUT2D eigenvalue weighted by atomic mass is 9.99. The fourth-order valence-corrected chi connectivity index (χ4v) is 5.91. The first-order valence-corrected chi connectivity index (χ1v) is 17.6. The molecule has 0 saturated carbocycles. The molecule has 274 valence electrons. The summed E-state index contributed by atoms with van der Waals surface area (Å²) >= 11 is 5.47. The first-order chi connectivity index (χ1) is 24.5. The van der Waals surface area contributed by atoms with Crippen LogP contribution in [0.15, 0.2) is 48.5 Å². The molecule has 1 fully saturated rings. The van der Waals surface area contributed by atoms with E-state index in [1.54, 1.807) is 6.92 Å². The van der Waals surface area contributed by atoms with Crippen LogP contribution >= 0.6 is 12.2 Å². The Balaban J connectivity index is 1.12. The summed E-state index contributed by atoms with van der Waals surface area (Å²) in [5, 5.41) is 41.5. The molecule has 0 spiro atoms. The van der Waals surface area contributed by atoms with E-state index in [9.17, 15) is 24.6 Å². The quantitative estimate of drug-likeness (QED) is 0.0997. The van der Waals surface area contributed by atoms with Gasteiger partial charge in [-0.25, -0.2) is 0 Å². The Labute approximate surface area is 303 Å². The number of aromatic nitrogens is 4. The van der Waals surface area contributed by atoms with Crippen LogP contribution in [0, 0.1) is 6.92 Å². The van der Waals surface area contributed by atoms with Gasteiger partial charge >= 0.3 is 11.9 Å². The highest BCUT2D eigenvalue weighted by Gasteiger charge is 2.20. The van der Waals surface area contributed by atoms with Crippen LogP contribution in [-0.4, -0.2) is 133 Å². The van der Waals surface area contributed by atoms with Crippen LogP contribution in [0.25, 0.3) is 11.4 Å². The summed E-state index contributed by atoms with van der Waals surface area (Å²) in [4.78, 5) is 41.2. The van der Waals surface area contributed by atoms with E-state index >= 15 is 0 Å². The maximum atomic E-state index is 12.6. The van der Waals surface area contributed by atoms with Crippen LogP contribution in [0.4, 0.5) is 5.69 Å². The average Bonchev–Trinajstić information content (AvgIpc) is 3.19. The molecule has 6 N–H and O–H groups in total. The molecule has 2 aromatic carbocycles. The fourth-order valence-electron chi connectivity index (χ4n) is 5.69. The van der Waals surface area contributed by atoms with Crippen molar-refractivity contribution in [3.05, 3.63) is 65.5 Å². The van der Waals surface area contributed by atoms with E-state index in [2.05, 4.69) is 35.9 Å². The number of ketones is 1. The number of thiocarbonyl (C=S) groups is 1. The molecule has 16 heteroatoms. The van der Waals surface area contributed by atoms with Gasteiger partial charge in [0.2, 0.25) is 5.82 Å². The Hall–Kier alpha value is -4.48. The van der Waals surface area contributed by atoms with Crippen molar-refractivity contribution >= 4 is 40.7 Å². The molecule has 0 bridgehead atoms. The third kappa shape index (κ3) is 14.3. The second kappa shape index (κ2) is 20.4. The van der Waals surface area contributed by atoms with Gasteiger partial charge in [-0.05, 0) is 68.1 Å². The molecular weight excluding hydrogens is 673 g/mol. The van der Waals surface area contributed by atoms with Gasteiger partial charge in [-0.15, -0.1) is 20.4 Å². The summed E-state index contributed by atoms with van der Waals surface area (Å²) in [5.74, 6) is -0.767. The lowest BCUT2D eigenvalue weighted by Gasteiger charge is -2.25. The van der Waals surface area contributed by atoms with Crippen molar-refractivity contribution in [1.29, 1.82) is 0 Å². The molecule has 1 aromatic heterocycles. The first kappa shape index (κ1) is 39.3. The average molecular weight is 721 g/mol. The third-order valence-electron chi connectivity index (χ3n) is 8.63. The first-order valence-electron chi connectivity index (χ1n) is 17.2. The third-order valence-corrected chi connectivity index (χ3v) is 8.87. The predicted molar refractivity (Wildman–Crippen MR) is 197 cm³/mol. The van der Waals surface area contributed by atoms with E-state index < -0.39 is 18.0 Å². The Morgan fingerprint density at radius 1 is 0.804 bits per heavy atom. The molecule has 0 amide bonds. The number of carbonyl (C=O) groups excluding carboxylic acids is 1. The SMILES string of the molecule is Cc1nnc(-c2ccc(CCC(=O)C(N)CCCCNC(=S)Nc3ccc(CN4CCN(CC(=O)O)CCN(CC(=O)O)CC4)cc3)cc2)nn1. The molecule has 0 radical (unpaired) electrons. The number of nitrogens with one attached hydrogen (secondary N) is 2. The molecule has 1 saturated heterocycles. The summed E-state index contributed by atoms with van der Waals surface area (Å²) in [6.07, 6.45) is 3.21. The second-order valence-corrected chi connectivity index (χ2v) is 13.1. The Morgan fingerprint density at radius 2 is 1.35 bits per heavy atom. The minimum atomic E-state index is -0.894. The van der Waals surface area contributed by atoms with E-state index in [0.29, 0.717) is 88.4 Å². The van der Waals surface area contributed by atoms with Gasteiger partial charge in [0.15, 0.2) is 10.9 Å². The Kier molecular flexibility index (Phi) is 15.7. The normalized spacial score (nSPS) is 15.3. The summed E-state index contributed by atoms with van der Waals surface area (Å²) in [7, 11) is 0. The zero-order valence-electron chi connectivity index (χ0n) is 29.0. The molecule has 15 nitrogen and oxygen atoms in total. The number of anilines is 1. The molecule has 1 unspecified atom stereocenters. The molecular formula is C35H48N10O5S. The number of hydrogen-bond acceptors (Lipinski definition) is 12. The fraction of sp³-hybridized carbons (Fsp3) is 0.486. The number of aliphatic carboxylic acids is 2. The van der Waals surface area contributed by atoms with E-state index in [0.717, 1.165) is 35.2 Å². The lowest BCUT2D eigenvalue weighted by Crippen LogP contribution is -2.40. The molecule has 4 rings (SSSR count). The number of nitrogens with zero attached hydrogens (tertiary/aromatic N) is 7. The van der Waals surface area contributed by atoms with Crippen LogP contribution < -0.4 is 16.4 Å². The minimum absolute atomic E-state index is 0.0464. The summed E-state index contributed by atoms with van der Waals surface area (Å²) in [6.45, 7) is 6.45. The number of benzene rings is 2. The molecule has 2 heterocycles. The number of rotatable bonds is 17. The van der Waals surface area contributed by atoms with Crippen molar-refractivity contribution < 1.29 is 24.6 Å². The summed E-state index contributed by atoms with van der Waals surface area (Å²) in [6, 6.07) is 15.2. The second-order valence-electron chi connectivity index (χ2n) is 12.7. The Morgan fingerprint density at radius 3 is 1.92 bits per heavy atom. The summed E-state index contributed by atoms with van der Waals surface area (Å²) < 4.78 is 0. The highest BCUT2D eigenvalue weighted by atomic mass is 32.1. The zero-order chi connectivity index (χ0) is 36.6. The van der Waals surface area contributed by atoms with Crippen molar-refractivity contribution in [3.63, 3.8) is 0 Å². The standard InChI is InChI=1S/C35H48N10O5S/c1-25-39-41-34(42-40-25)28-10-5-26(6-11-28)9-14-31(46)30(36)4-2-3-15-37-35(51)38-29-12-7-27(8-13-29)22-43-16-18-44(23-32(47)48)20-21-45(19-17-43)24-33(49)50/h5-8,10-13,30H,2-4,9,14-24,36H2,1H3,(H,47,48)(H,49,50)(H2,37,38,51). The largest absolute Gasteiger partial charge is 0.480 e. The molecule has 1 aliphatic heterocycles. The minimum Gasteiger partial charge on any atom is -0.480 e. The smallest absolute Gasteiger partial charge is 0.317 e. The van der Waals surface area contributed by atoms with Gasteiger partial charge in [-0.1, -0.05) is 36.4 Å². The van der Waals surface area contributed by atoms with Gasteiger partial charge in [-0.2, -0.15) is 0 Å². The van der Waals surface area contributed by atoms with Gasteiger partial charge < -0.3 is 26.6 Å². The number of carboxylic acid groups (broad SMARTS) is 2. The zero-order valence-corrected chi connectivity index (χ0v) is 29.9. The van der Waals surface area contributed by atoms with Gasteiger partial charge in [0.05, 0.1) is 19.1 Å². The van der Waals surface area contributed by atoms with Gasteiger partial charge in [0.1, 0.15) is 5.78 Å². The number of unbranched alkanes of at least 4 members (excludes halogenated alkanes) is 1. The van der Waals surface area contributed by atoms with Crippen LogP contribution in [0.1, 0.15) is 42.6 Å². The maximum absolute atomic E-state index is 12.6. The van der Waals surface area contributed by atoms with E-state index in [1.165, 1.54) is 0 Å². The molecule has 0 aliphatic carbocycles. The number of Topliss-reactive ketones (excluding diaryl/α,β-unsaturated/α-hetero) is 1. The van der Waals surface area contributed by atoms with E-state index in [1.807, 2.05) is 58.3 Å². The van der Waals surface area contributed by atoms with E-state index in [4.69, 9.17) is 18.0 Å². The monoisotopic (exact) mass is 720 g/mol. The number of carbonyl (C=O) groups is 3. The molecule has 1 atom stereocenters. The summed E-state index contributed by atoms with van der Waals surface area (Å²) in [5.41, 5.74) is 9.97. The van der Waals surface area contributed by atoms with Crippen molar-refractivity contribution in [2.24, 2.45) is 5.73 Å². The highest BCUT2D eigenvalue weighted by molar-refractivity contribution is 7.80. The van der Waals surface area contributed by atoms with Crippen molar-refractivity contribution in [1.82, 2.24) is 40.4 Å². The predicted octanol–water partition coefficient (Wildman–Crippen LogP) is 1.82. The van der Waals surface area contributed by atoms with Gasteiger partial charge in [0, 0.05) is 70.0 Å². The Bertz CT molecular complexity index is 1550. The van der Waals surface area contributed by atoms with Crippen LogP contribution in [0.3, 0.4) is 0 Å². The van der Waals surface area contributed by atoms with E-state index in [-0.39, 0.29) is 18.9 Å². The molecule has 1 aliphatic rings. The number of carboxylic acids is 2. The topological polar surface area (TPSA) is 203 Å². The van der Waals surface area contributed by atoms with Crippen LogP contribution in [0.5, 0.6) is 0 Å². The lowest BCUT2D eigenvalue weighted by molar-refractivity contribution is -0.140. The number of hydrogen-bond donors (Lipinski definition) is 5. The van der Waals surface area contributed by atoms with Crippen molar-refractivity contribution in [2.45, 2.75) is 51.6 Å². The van der Waals surface area contributed by atoms with Crippen LogP contribution in [0.2, 0.25) is 0 Å². The number of aryl methyl sites for hydroxylation is 2. The molecule has 3 aromatic rings. The van der Waals surface area contributed by atoms with Gasteiger partial charge in [0.25, 0.3) is 0 Å². The highest BCUT2D eigenvalue weighted by Crippen LogP contribution is 2.16.